The Kier molecular flexibility index (Phi) is 14.5. The number of hydrogen-bond acceptors (Lipinski definition) is 4. The first kappa shape index (κ1) is 30.9. The highest BCUT2D eigenvalue weighted by molar-refractivity contribution is 5.78. The molecule has 214 valence electrons. The van der Waals surface area contributed by atoms with Crippen molar-refractivity contribution in [1.29, 1.82) is 0 Å². The summed E-state index contributed by atoms with van der Waals surface area (Å²) in [6.45, 7) is 14.1. The maximum Gasteiger partial charge on any atom is 0.0909 e. The Hall–Kier alpha value is -1.65. The summed E-state index contributed by atoms with van der Waals surface area (Å²) in [5, 5.41) is 3.11. The molecule has 1 aromatic rings. The molecule has 2 saturated heterocycles. The molecule has 1 N–H and O–H groups in total. The molecule has 38 heavy (non-hydrogen) atoms. The maximum atomic E-state index is 4.67. The molecule has 2 fully saturated rings. The van der Waals surface area contributed by atoms with E-state index in [1.807, 2.05) is 19.5 Å². The molecule has 4 nitrogen and oxygen atoms in total. The topological polar surface area (TPSA) is 30.9 Å². The lowest BCUT2D eigenvalue weighted by Gasteiger charge is -2.31. The van der Waals surface area contributed by atoms with Gasteiger partial charge in [0.1, 0.15) is 0 Å². The van der Waals surface area contributed by atoms with E-state index in [1.165, 1.54) is 114 Å². The third-order valence-electron chi connectivity index (χ3n) is 9.33. The number of rotatable bonds is 16. The predicted molar refractivity (Wildman–Crippen MR) is 166 cm³/mol. The fourth-order valence-corrected chi connectivity index (χ4v) is 6.38. The van der Waals surface area contributed by atoms with E-state index in [0.29, 0.717) is 0 Å². The quantitative estimate of drug-likeness (QED) is 0.179. The molecule has 0 saturated carbocycles. The van der Waals surface area contributed by atoms with Gasteiger partial charge < -0.3 is 10.2 Å². The molecule has 0 aliphatic carbocycles. The number of unbranched alkanes of at least 4 members (excludes halogenated alkanes) is 1. The van der Waals surface area contributed by atoms with Gasteiger partial charge in [-0.3, -0.25) is 9.89 Å². The summed E-state index contributed by atoms with van der Waals surface area (Å²) in [6, 6.07) is 9.72. The summed E-state index contributed by atoms with van der Waals surface area (Å²) >= 11 is 0. The highest BCUT2D eigenvalue weighted by atomic mass is 15.2. The second-order valence-corrected chi connectivity index (χ2v) is 12.0. The molecule has 0 aromatic heterocycles. The Morgan fingerprint density at radius 1 is 0.947 bits per heavy atom. The molecular weight excluding hydrogens is 464 g/mol. The molecule has 0 radical (unpaired) electrons. The van der Waals surface area contributed by atoms with Crippen molar-refractivity contribution in [3.05, 3.63) is 47.2 Å². The fourth-order valence-electron chi connectivity index (χ4n) is 6.38. The minimum Gasteiger partial charge on any atom is -0.394 e. The van der Waals surface area contributed by atoms with Gasteiger partial charge in [0, 0.05) is 32.6 Å². The zero-order valence-electron chi connectivity index (χ0n) is 25.3. The first-order valence-corrected chi connectivity index (χ1v) is 16.0. The van der Waals surface area contributed by atoms with Crippen LogP contribution in [0.5, 0.6) is 0 Å². The van der Waals surface area contributed by atoms with Crippen LogP contribution in [0.15, 0.2) is 41.0 Å². The number of likely N-dealkylation sites (tertiary alicyclic amines) is 2. The Morgan fingerprint density at radius 3 is 2.26 bits per heavy atom. The van der Waals surface area contributed by atoms with Crippen LogP contribution in [0.1, 0.15) is 108 Å². The number of piperidine rings is 2. The number of nitrogens with zero attached hydrogens (tertiary/aromatic N) is 3. The van der Waals surface area contributed by atoms with Gasteiger partial charge >= 0.3 is 0 Å². The molecule has 3 rings (SSSR count). The van der Waals surface area contributed by atoms with E-state index in [0.717, 1.165) is 30.8 Å². The minimum absolute atomic E-state index is 0.726. The number of benzene rings is 1. The average molecular weight is 523 g/mol. The fraction of sp³-hybridized carbons (Fsp3) is 0.735. The molecule has 2 aliphatic heterocycles. The highest BCUT2D eigenvalue weighted by Gasteiger charge is 2.19. The Labute approximate surface area is 235 Å². The van der Waals surface area contributed by atoms with Gasteiger partial charge in [-0.1, -0.05) is 57.9 Å². The zero-order valence-corrected chi connectivity index (χ0v) is 25.3. The Balaban J connectivity index is 1.31. The highest BCUT2D eigenvalue weighted by Crippen LogP contribution is 2.28. The normalized spacial score (nSPS) is 19.8. The van der Waals surface area contributed by atoms with Crippen LogP contribution in [0.3, 0.4) is 0 Å². The van der Waals surface area contributed by atoms with Crippen molar-refractivity contribution in [1.82, 2.24) is 15.1 Å². The molecule has 0 bridgehead atoms. The molecule has 4 heteroatoms. The number of hydrogen-bond donors (Lipinski definition) is 1. The smallest absolute Gasteiger partial charge is 0.0909 e. The van der Waals surface area contributed by atoms with Crippen LogP contribution in [0.2, 0.25) is 0 Å². The lowest BCUT2D eigenvalue weighted by molar-refractivity contribution is 0.178. The average Bonchev–Trinajstić information content (AvgIpc) is 2.97. The van der Waals surface area contributed by atoms with E-state index in [9.17, 15) is 0 Å². The summed E-state index contributed by atoms with van der Waals surface area (Å²) in [5.74, 6) is 2.58. The van der Waals surface area contributed by atoms with E-state index < -0.39 is 0 Å². The lowest BCUT2D eigenvalue weighted by Crippen LogP contribution is -2.34. The van der Waals surface area contributed by atoms with Crippen LogP contribution < -0.4 is 5.32 Å². The summed E-state index contributed by atoms with van der Waals surface area (Å²) in [4.78, 5) is 9.90. The standard InChI is InChI=1S/C34H58N4/c1-5-29-17-22-37(23-18-29)21-9-8-10-33(7-3)34-15-13-31(14-16-34)11-12-32-19-24-38(25-20-32)28-36-27-30(6-2)26-35-4/h13-16,26-27,29,32-33,35H,5-12,17-25,28H2,1-4H3/b30-26-,36-27-. The van der Waals surface area contributed by atoms with Gasteiger partial charge in [0.05, 0.1) is 6.67 Å². The van der Waals surface area contributed by atoms with Gasteiger partial charge in [-0.2, -0.15) is 0 Å². The third-order valence-corrected chi connectivity index (χ3v) is 9.33. The van der Waals surface area contributed by atoms with E-state index in [2.05, 4.69) is 65.1 Å². The molecule has 2 aliphatic rings. The van der Waals surface area contributed by atoms with Crippen LogP contribution in [0, 0.1) is 11.8 Å². The third kappa shape index (κ3) is 10.8. The maximum absolute atomic E-state index is 4.67. The lowest BCUT2D eigenvalue weighted by atomic mass is 9.88. The Morgan fingerprint density at radius 2 is 1.63 bits per heavy atom. The van der Waals surface area contributed by atoms with Crippen molar-refractivity contribution in [3.8, 4) is 0 Å². The van der Waals surface area contributed by atoms with Gasteiger partial charge in [-0.05, 0) is 118 Å². The molecule has 2 heterocycles. The van der Waals surface area contributed by atoms with Crippen LogP contribution in [0.4, 0.5) is 0 Å². The Bertz CT molecular complexity index is 798. The molecule has 1 atom stereocenters. The van der Waals surface area contributed by atoms with Crippen molar-refractivity contribution < 1.29 is 0 Å². The molecule has 1 aromatic carbocycles. The molecule has 0 spiro atoms. The van der Waals surface area contributed by atoms with Crippen LogP contribution in [-0.2, 0) is 6.42 Å². The largest absolute Gasteiger partial charge is 0.394 e. The van der Waals surface area contributed by atoms with Crippen molar-refractivity contribution in [3.63, 3.8) is 0 Å². The SMILES string of the molecule is CCC(/C=N\CN1CCC(CCc2ccc(C(CC)CCCCN3CCC(CC)CC3)cc2)CC1)=C/NC. The van der Waals surface area contributed by atoms with Gasteiger partial charge in [0.2, 0.25) is 0 Å². The first-order chi connectivity index (χ1) is 18.6. The van der Waals surface area contributed by atoms with E-state index in [4.69, 9.17) is 0 Å². The van der Waals surface area contributed by atoms with Crippen molar-refractivity contribution in [2.45, 2.75) is 104 Å². The summed E-state index contributed by atoms with van der Waals surface area (Å²) in [7, 11) is 1.95. The number of nitrogens with one attached hydrogen (secondary N) is 1. The van der Waals surface area contributed by atoms with Crippen molar-refractivity contribution in [2.24, 2.45) is 16.8 Å². The van der Waals surface area contributed by atoms with Crippen molar-refractivity contribution in [2.75, 3.05) is 46.4 Å². The van der Waals surface area contributed by atoms with E-state index in [-0.39, 0.29) is 0 Å². The second kappa shape index (κ2) is 17.8. The molecular formula is C34H58N4. The van der Waals surface area contributed by atoms with Crippen molar-refractivity contribution >= 4 is 6.21 Å². The molecule has 1 unspecified atom stereocenters. The molecule has 0 amide bonds. The second-order valence-electron chi connectivity index (χ2n) is 12.0. The number of allylic oxidation sites excluding steroid dienone is 1. The summed E-state index contributed by atoms with van der Waals surface area (Å²) in [6.07, 6.45) is 19.8. The van der Waals surface area contributed by atoms with Gasteiger partial charge in [-0.15, -0.1) is 0 Å². The zero-order chi connectivity index (χ0) is 27.0. The van der Waals surface area contributed by atoms with Gasteiger partial charge in [0.25, 0.3) is 0 Å². The van der Waals surface area contributed by atoms with Crippen LogP contribution in [0.25, 0.3) is 0 Å². The van der Waals surface area contributed by atoms with Gasteiger partial charge in [-0.25, -0.2) is 0 Å². The minimum atomic E-state index is 0.726. The summed E-state index contributed by atoms with van der Waals surface area (Å²) in [5.41, 5.74) is 4.34. The monoisotopic (exact) mass is 522 g/mol. The number of aryl methyl sites for hydroxylation is 1. The van der Waals surface area contributed by atoms with E-state index in [1.54, 1.807) is 5.56 Å². The summed E-state index contributed by atoms with van der Waals surface area (Å²) < 4.78 is 0. The van der Waals surface area contributed by atoms with Gasteiger partial charge in [0.15, 0.2) is 0 Å². The van der Waals surface area contributed by atoms with Crippen LogP contribution in [-0.4, -0.2) is 62.5 Å². The predicted octanol–water partition coefficient (Wildman–Crippen LogP) is 7.66. The van der Waals surface area contributed by atoms with Crippen LogP contribution >= 0.6 is 0 Å². The number of aliphatic imine (C=N–C) groups is 1. The first-order valence-electron chi connectivity index (χ1n) is 16.0. The van der Waals surface area contributed by atoms with E-state index >= 15 is 0 Å².